The number of carbonyl (C=O) groups is 1. The van der Waals surface area contributed by atoms with Gasteiger partial charge >= 0.3 is 0 Å². The average molecular weight is 484 g/mol. The third-order valence-electron chi connectivity index (χ3n) is 4.61. The minimum Gasteiger partial charge on any atom is -0.395 e. The average Bonchev–Trinajstić information content (AvgIpc) is 2.88. The van der Waals surface area contributed by atoms with Gasteiger partial charge in [0.1, 0.15) is 23.2 Å². The normalized spacial score (nSPS) is 10.8. The lowest BCUT2D eigenvalue weighted by atomic mass is 9.98. The number of aryl methyl sites for hydroxylation is 1. The highest BCUT2D eigenvalue weighted by Gasteiger charge is 2.21. The van der Waals surface area contributed by atoms with Crippen molar-refractivity contribution in [2.75, 3.05) is 13.2 Å². The molecule has 3 rings (SSSR count). The Bertz CT molecular complexity index is 1100. The number of hydrogen-bond acceptors (Lipinski definition) is 6. The number of nitrogens with zero attached hydrogens (tertiary/aromatic N) is 4. The first-order valence-electron chi connectivity index (χ1n) is 11.2. The van der Waals surface area contributed by atoms with Crippen LogP contribution in [0, 0.1) is 24.5 Å². The first-order valence-corrected chi connectivity index (χ1v) is 11.2. The largest absolute Gasteiger partial charge is 0.395 e. The molecule has 2 heterocycles. The summed E-state index contributed by atoms with van der Waals surface area (Å²) in [6, 6.07) is 6.71. The summed E-state index contributed by atoms with van der Waals surface area (Å²) in [5, 5.41) is 19.6. The maximum absolute atomic E-state index is 14.1. The van der Waals surface area contributed by atoms with E-state index in [1.54, 1.807) is 6.07 Å². The van der Waals surface area contributed by atoms with Gasteiger partial charge in [0.15, 0.2) is 0 Å². The van der Waals surface area contributed by atoms with Crippen LogP contribution in [-0.2, 0) is 6.42 Å². The monoisotopic (exact) mass is 483 g/mol. The van der Waals surface area contributed by atoms with Crippen LogP contribution in [0.2, 0.25) is 0 Å². The van der Waals surface area contributed by atoms with Gasteiger partial charge in [-0.15, -0.1) is 17.9 Å². The highest BCUT2D eigenvalue weighted by atomic mass is 19.1. The molecule has 0 aliphatic heterocycles. The van der Waals surface area contributed by atoms with E-state index in [0.717, 1.165) is 5.56 Å². The number of carbonyl (C=O) groups excluding carboxylic acids is 1. The van der Waals surface area contributed by atoms with Crippen molar-refractivity contribution in [3.05, 3.63) is 70.9 Å². The number of nitrogens with one attached hydrogen (secondary N) is 1. The summed E-state index contributed by atoms with van der Waals surface area (Å²) in [5.41, 5.74) is 1.35. The van der Waals surface area contributed by atoms with Crippen LogP contribution < -0.4 is 5.32 Å². The summed E-state index contributed by atoms with van der Waals surface area (Å²) in [6.07, 6.45) is 11.3. The van der Waals surface area contributed by atoms with E-state index in [2.05, 4.69) is 52.2 Å². The zero-order valence-corrected chi connectivity index (χ0v) is 20.4. The number of benzene rings is 1. The molecule has 0 radical (unpaired) electrons. The summed E-state index contributed by atoms with van der Waals surface area (Å²) < 4.78 is 28.2. The Labute approximate surface area is 205 Å². The van der Waals surface area contributed by atoms with E-state index < -0.39 is 23.5 Å². The van der Waals surface area contributed by atoms with E-state index in [0.29, 0.717) is 17.9 Å². The number of aromatic nitrogens is 4. The van der Waals surface area contributed by atoms with Gasteiger partial charge in [-0.25, -0.2) is 18.7 Å². The molecule has 0 aliphatic rings. The van der Waals surface area contributed by atoms with Gasteiger partial charge < -0.3 is 10.4 Å². The van der Waals surface area contributed by atoms with Crippen molar-refractivity contribution < 1.29 is 18.7 Å². The molecule has 0 saturated carbocycles. The van der Waals surface area contributed by atoms with Crippen LogP contribution >= 0.6 is 0 Å². The predicted molar refractivity (Wildman–Crippen MR) is 132 cm³/mol. The first kappa shape index (κ1) is 29.3. The van der Waals surface area contributed by atoms with Crippen molar-refractivity contribution in [1.29, 1.82) is 0 Å². The van der Waals surface area contributed by atoms with Crippen LogP contribution in [0.1, 0.15) is 67.6 Å². The molecule has 1 atom stereocenters. The van der Waals surface area contributed by atoms with Gasteiger partial charge in [0.2, 0.25) is 0 Å². The third-order valence-corrected chi connectivity index (χ3v) is 4.61. The second-order valence-electron chi connectivity index (χ2n) is 7.30. The van der Waals surface area contributed by atoms with Crippen LogP contribution in [0.4, 0.5) is 8.78 Å². The van der Waals surface area contributed by atoms with Gasteiger partial charge in [0.25, 0.3) is 5.91 Å². The number of terminal acetylenes is 1. The topological polar surface area (TPSA) is 101 Å². The van der Waals surface area contributed by atoms with Crippen molar-refractivity contribution in [2.45, 2.75) is 46.5 Å². The standard InChI is InChI=1S/C21H21F2N5O2.C3H8.C2H2/c1-3-13-11-17(18-14(22)5-4-6-15(18)23)27-28-19(13)12(2)20-24-8-7-16(26-20)21(30)25-9-10-29;1-3-2;1-2/h4-8,11-12,29H,3,9-10H2,1-2H3,(H,25,30);3H2,1-2H3;1-2H. The minimum atomic E-state index is -0.711. The number of hydrogen-bond donors (Lipinski definition) is 2. The Balaban J connectivity index is 0.00000114. The molecule has 3 aromatic rings. The maximum atomic E-state index is 14.1. The fourth-order valence-electron chi connectivity index (χ4n) is 3.04. The molecule has 2 aromatic heterocycles. The summed E-state index contributed by atoms with van der Waals surface area (Å²) >= 11 is 0. The van der Waals surface area contributed by atoms with Gasteiger partial charge in [-0.1, -0.05) is 33.3 Å². The van der Waals surface area contributed by atoms with Gasteiger partial charge in [-0.3, -0.25) is 4.79 Å². The minimum absolute atomic E-state index is 0.108. The molecule has 0 fully saturated rings. The zero-order chi connectivity index (χ0) is 26.4. The smallest absolute Gasteiger partial charge is 0.270 e. The van der Waals surface area contributed by atoms with E-state index in [1.165, 1.54) is 36.9 Å². The highest BCUT2D eigenvalue weighted by Crippen LogP contribution is 2.28. The van der Waals surface area contributed by atoms with Crippen LogP contribution in [0.25, 0.3) is 11.3 Å². The summed E-state index contributed by atoms with van der Waals surface area (Å²) in [6.45, 7) is 7.91. The van der Waals surface area contributed by atoms with E-state index in [-0.39, 0.29) is 30.1 Å². The van der Waals surface area contributed by atoms with E-state index in [4.69, 9.17) is 5.11 Å². The fourth-order valence-corrected chi connectivity index (χ4v) is 3.04. The highest BCUT2D eigenvalue weighted by molar-refractivity contribution is 5.92. The van der Waals surface area contributed by atoms with Crippen LogP contribution in [-0.4, -0.2) is 44.3 Å². The number of halogens is 2. The summed E-state index contributed by atoms with van der Waals surface area (Å²) in [5.74, 6) is -1.89. The van der Waals surface area contributed by atoms with Gasteiger partial charge in [-0.05, 0) is 43.2 Å². The molecule has 0 aliphatic carbocycles. The van der Waals surface area contributed by atoms with Crippen molar-refractivity contribution >= 4 is 5.91 Å². The molecule has 0 bridgehead atoms. The Morgan fingerprint density at radius 3 is 2.31 bits per heavy atom. The molecule has 2 N–H and O–H groups in total. The van der Waals surface area contributed by atoms with Crippen molar-refractivity contribution in [3.63, 3.8) is 0 Å². The van der Waals surface area contributed by atoms with Crippen LogP contribution in [0.5, 0.6) is 0 Å². The lowest BCUT2D eigenvalue weighted by Gasteiger charge is -2.15. The Morgan fingerprint density at radius 1 is 1.11 bits per heavy atom. The summed E-state index contributed by atoms with van der Waals surface area (Å²) in [7, 11) is 0. The van der Waals surface area contributed by atoms with Crippen LogP contribution in [0.3, 0.4) is 0 Å². The van der Waals surface area contributed by atoms with Crippen molar-refractivity contribution in [2.24, 2.45) is 0 Å². The molecule has 1 amide bonds. The molecule has 1 aromatic carbocycles. The third kappa shape index (κ3) is 7.90. The lowest BCUT2D eigenvalue weighted by Crippen LogP contribution is -2.27. The SMILES string of the molecule is C#C.CCC.CCc1cc(-c2c(F)cccc2F)nnc1C(C)c1nccc(C(=O)NCCO)n1. The first-order chi connectivity index (χ1) is 16.9. The molecule has 35 heavy (non-hydrogen) atoms. The number of amides is 1. The van der Waals surface area contributed by atoms with Crippen molar-refractivity contribution in [3.8, 4) is 24.1 Å². The van der Waals surface area contributed by atoms with Crippen molar-refractivity contribution in [1.82, 2.24) is 25.5 Å². The Morgan fingerprint density at radius 2 is 1.74 bits per heavy atom. The fraction of sp³-hybridized carbons (Fsp3) is 0.346. The molecular formula is C26H31F2N5O2. The van der Waals surface area contributed by atoms with Crippen LogP contribution in [0.15, 0.2) is 36.5 Å². The molecule has 1 unspecified atom stereocenters. The van der Waals surface area contributed by atoms with Gasteiger partial charge in [0, 0.05) is 12.7 Å². The van der Waals surface area contributed by atoms with E-state index in [1.807, 2.05) is 13.8 Å². The van der Waals surface area contributed by atoms with Gasteiger partial charge in [0.05, 0.1) is 29.5 Å². The van der Waals surface area contributed by atoms with E-state index >= 15 is 0 Å². The van der Waals surface area contributed by atoms with Gasteiger partial charge in [-0.2, -0.15) is 5.10 Å². The zero-order valence-electron chi connectivity index (χ0n) is 20.4. The second-order valence-corrected chi connectivity index (χ2v) is 7.30. The molecule has 0 saturated heterocycles. The molecule has 0 spiro atoms. The quantitative estimate of drug-likeness (QED) is 0.486. The van der Waals surface area contributed by atoms with E-state index in [9.17, 15) is 13.6 Å². The molecule has 9 heteroatoms. The number of aliphatic hydroxyl groups excluding tert-OH is 1. The number of aliphatic hydroxyl groups is 1. The second kappa shape index (κ2) is 15.2. The predicted octanol–water partition coefficient (Wildman–Crippen LogP) is 4.31. The molecule has 7 nitrogen and oxygen atoms in total. The Hall–Kier alpha value is -3.77. The molecular weight excluding hydrogens is 452 g/mol. The summed E-state index contributed by atoms with van der Waals surface area (Å²) in [4.78, 5) is 20.6. The lowest BCUT2D eigenvalue weighted by molar-refractivity contribution is 0.0939. The Kier molecular flexibility index (Phi) is 12.7. The number of rotatable bonds is 7. The maximum Gasteiger partial charge on any atom is 0.270 e. The molecule has 186 valence electrons.